The molecule has 1 aliphatic carbocycles. The van der Waals surface area contributed by atoms with E-state index >= 15 is 0 Å². The van der Waals surface area contributed by atoms with Crippen LogP contribution in [0, 0.1) is 0 Å². The minimum absolute atomic E-state index is 0.655. The minimum Gasteiger partial charge on any atom is -0.317 e. The third kappa shape index (κ3) is 5.14. The zero-order valence-corrected chi connectivity index (χ0v) is 13.8. The van der Waals surface area contributed by atoms with E-state index in [1.54, 1.807) is 0 Å². The molecule has 0 aliphatic heterocycles. The molecule has 20 heavy (non-hydrogen) atoms. The summed E-state index contributed by atoms with van der Waals surface area (Å²) < 4.78 is 0. The first-order valence-corrected chi connectivity index (χ1v) is 9.15. The first kappa shape index (κ1) is 15.9. The molecule has 1 saturated carbocycles. The van der Waals surface area contributed by atoms with Crippen molar-refractivity contribution in [2.75, 3.05) is 13.1 Å². The van der Waals surface area contributed by atoms with Crippen LogP contribution in [0.25, 0.3) is 0 Å². The second-order valence-electron chi connectivity index (χ2n) is 5.99. The Morgan fingerprint density at radius 2 is 1.85 bits per heavy atom. The van der Waals surface area contributed by atoms with Crippen LogP contribution in [0.5, 0.6) is 0 Å². The van der Waals surface area contributed by atoms with E-state index in [1.807, 2.05) is 0 Å². The van der Waals surface area contributed by atoms with E-state index in [9.17, 15) is 0 Å². The third-order valence-corrected chi connectivity index (χ3v) is 5.66. The summed E-state index contributed by atoms with van der Waals surface area (Å²) in [5.41, 5.74) is 1.48. The van der Waals surface area contributed by atoms with Crippen molar-refractivity contribution < 1.29 is 0 Å². The number of hydrogen-bond donors (Lipinski definition) is 1. The molecule has 0 amide bonds. The summed E-state index contributed by atoms with van der Waals surface area (Å²) in [5.74, 6) is 0.655. The molecule has 0 radical (unpaired) electrons. The molecule has 0 spiro atoms. The van der Waals surface area contributed by atoms with Crippen molar-refractivity contribution in [1.29, 1.82) is 0 Å². The zero-order valence-electron chi connectivity index (χ0n) is 13.0. The SMILES string of the molecule is CCNCCC(C)c1ccc(SC2CCCCC2)cc1. The van der Waals surface area contributed by atoms with Crippen LogP contribution in [0.2, 0.25) is 0 Å². The molecule has 0 saturated heterocycles. The van der Waals surface area contributed by atoms with Gasteiger partial charge in [-0.15, -0.1) is 11.8 Å². The monoisotopic (exact) mass is 291 g/mol. The number of benzene rings is 1. The van der Waals surface area contributed by atoms with E-state index in [0.29, 0.717) is 5.92 Å². The lowest BCUT2D eigenvalue weighted by Gasteiger charge is -2.21. The standard InChI is InChI=1S/C18H29NS/c1-3-19-14-13-15(2)16-9-11-18(12-10-16)20-17-7-5-4-6-8-17/h9-12,15,17,19H,3-8,13-14H2,1-2H3. The van der Waals surface area contributed by atoms with Crippen molar-refractivity contribution in [3.63, 3.8) is 0 Å². The van der Waals surface area contributed by atoms with Crippen LogP contribution >= 0.6 is 11.8 Å². The normalized spacial score (nSPS) is 18.1. The van der Waals surface area contributed by atoms with Crippen LogP contribution < -0.4 is 5.32 Å². The highest BCUT2D eigenvalue weighted by atomic mass is 32.2. The van der Waals surface area contributed by atoms with Crippen LogP contribution in [0.4, 0.5) is 0 Å². The Balaban J connectivity index is 1.82. The van der Waals surface area contributed by atoms with Gasteiger partial charge in [-0.05, 0) is 56.0 Å². The van der Waals surface area contributed by atoms with Gasteiger partial charge in [-0.25, -0.2) is 0 Å². The lowest BCUT2D eigenvalue weighted by atomic mass is 9.98. The average Bonchev–Trinajstić information content (AvgIpc) is 2.49. The van der Waals surface area contributed by atoms with Crippen LogP contribution in [0.15, 0.2) is 29.2 Å². The minimum atomic E-state index is 0.655. The van der Waals surface area contributed by atoms with Crippen LogP contribution in [0.1, 0.15) is 63.9 Å². The number of rotatable bonds is 7. The van der Waals surface area contributed by atoms with Crippen molar-refractivity contribution in [3.8, 4) is 0 Å². The molecule has 0 aromatic heterocycles. The molecule has 1 unspecified atom stereocenters. The average molecular weight is 292 g/mol. The smallest absolute Gasteiger partial charge is 0.00944 e. The molecule has 1 aliphatic rings. The summed E-state index contributed by atoms with van der Waals surface area (Å²) in [6, 6.07) is 9.33. The molecule has 1 fully saturated rings. The summed E-state index contributed by atoms with van der Waals surface area (Å²) in [6.45, 7) is 6.70. The molecule has 2 heteroatoms. The lowest BCUT2D eigenvalue weighted by Crippen LogP contribution is -2.15. The molecule has 2 rings (SSSR count). The molecule has 1 aromatic carbocycles. The largest absolute Gasteiger partial charge is 0.317 e. The highest BCUT2D eigenvalue weighted by Crippen LogP contribution is 2.34. The summed E-state index contributed by atoms with van der Waals surface area (Å²) in [5, 5.41) is 4.27. The van der Waals surface area contributed by atoms with Gasteiger partial charge < -0.3 is 5.32 Å². The highest BCUT2D eigenvalue weighted by molar-refractivity contribution is 8.00. The summed E-state index contributed by atoms with van der Waals surface area (Å²) in [7, 11) is 0. The Morgan fingerprint density at radius 3 is 2.50 bits per heavy atom. The second kappa shape index (κ2) is 8.74. The Labute approximate surface area is 128 Å². The van der Waals surface area contributed by atoms with E-state index < -0.39 is 0 Å². The zero-order chi connectivity index (χ0) is 14.2. The number of thioether (sulfide) groups is 1. The van der Waals surface area contributed by atoms with Gasteiger partial charge in [0.05, 0.1) is 0 Å². The van der Waals surface area contributed by atoms with Gasteiger partial charge in [0.15, 0.2) is 0 Å². The third-order valence-electron chi connectivity index (χ3n) is 4.31. The summed E-state index contributed by atoms with van der Waals surface area (Å²) in [6.07, 6.45) is 8.34. The van der Waals surface area contributed by atoms with Crippen molar-refractivity contribution in [2.24, 2.45) is 0 Å². The molecule has 1 N–H and O–H groups in total. The van der Waals surface area contributed by atoms with Crippen LogP contribution in [-0.2, 0) is 0 Å². The van der Waals surface area contributed by atoms with Crippen LogP contribution in [-0.4, -0.2) is 18.3 Å². The van der Waals surface area contributed by atoms with Crippen LogP contribution in [0.3, 0.4) is 0 Å². The van der Waals surface area contributed by atoms with Crippen molar-refractivity contribution in [3.05, 3.63) is 29.8 Å². The van der Waals surface area contributed by atoms with E-state index in [0.717, 1.165) is 18.3 Å². The first-order chi connectivity index (χ1) is 9.79. The maximum atomic E-state index is 3.41. The number of nitrogens with one attached hydrogen (secondary N) is 1. The predicted octanol–water partition coefficient (Wildman–Crippen LogP) is 5.21. The summed E-state index contributed by atoms with van der Waals surface area (Å²) >= 11 is 2.09. The molecule has 0 heterocycles. The van der Waals surface area contributed by atoms with Gasteiger partial charge in [-0.1, -0.05) is 45.2 Å². The molecular weight excluding hydrogens is 262 g/mol. The quantitative estimate of drug-likeness (QED) is 0.692. The van der Waals surface area contributed by atoms with E-state index in [4.69, 9.17) is 0 Å². The van der Waals surface area contributed by atoms with Gasteiger partial charge in [-0.2, -0.15) is 0 Å². The van der Waals surface area contributed by atoms with Gasteiger partial charge in [0.25, 0.3) is 0 Å². The van der Waals surface area contributed by atoms with Gasteiger partial charge in [0.2, 0.25) is 0 Å². The maximum Gasteiger partial charge on any atom is 0.00944 e. The second-order valence-corrected chi connectivity index (χ2v) is 7.36. The Morgan fingerprint density at radius 1 is 1.15 bits per heavy atom. The Kier molecular flexibility index (Phi) is 6.95. The van der Waals surface area contributed by atoms with Crippen molar-refractivity contribution >= 4 is 11.8 Å². The first-order valence-electron chi connectivity index (χ1n) is 8.27. The Bertz CT molecular complexity index is 368. The van der Waals surface area contributed by atoms with Crippen molar-refractivity contribution in [1.82, 2.24) is 5.32 Å². The summed E-state index contributed by atoms with van der Waals surface area (Å²) in [4.78, 5) is 1.46. The predicted molar refractivity (Wildman–Crippen MR) is 90.7 cm³/mol. The molecular formula is C18H29NS. The van der Waals surface area contributed by atoms with Gasteiger partial charge in [0, 0.05) is 10.1 Å². The maximum absolute atomic E-state index is 3.41. The fraction of sp³-hybridized carbons (Fsp3) is 0.667. The van der Waals surface area contributed by atoms with Crippen molar-refractivity contribution in [2.45, 2.75) is 68.4 Å². The molecule has 1 nitrogen and oxygen atoms in total. The molecule has 1 atom stereocenters. The molecule has 112 valence electrons. The van der Waals surface area contributed by atoms with Gasteiger partial charge in [0.1, 0.15) is 0 Å². The topological polar surface area (TPSA) is 12.0 Å². The fourth-order valence-corrected chi connectivity index (χ4v) is 4.16. The molecule has 0 bridgehead atoms. The Hall–Kier alpha value is -0.470. The van der Waals surface area contributed by atoms with Gasteiger partial charge in [-0.3, -0.25) is 0 Å². The lowest BCUT2D eigenvalue weighted by molar-refractivity contribution is 0.516. The van der Waals surface area contributed by atoms with Gasteiger partial charge >= 0.3 is 0 Å². The van der Waals surface area contributed by atoms with E-state index in [1.165, 1.54) is 49.0 Å². The molecule has 1 aromatic rings. The number of hydrogen-bond acceptors (Lipinski definition) is 2. The highest BCUT2D eigenvalue weighted by Gasteiger charge is 2.14. The van der Waals surface area contributed by atoms with E-state index in [2.05, 4.69) is 55.2 Å². The van der Waals surface area contributed by atoms with E-state index in [-0.39, 0.29) is 0 Å². The fourth-order valence-electron chi connectivity index (χ4n) is 2.91.